The minimum absolute atomic E-state index is 0.749. The van der Waals surface area contributed by atoms with E-state index in [1.54, 1.807) is 6.26 Å². The van der Waals surface area contributed by atoms with Crippen molar-refractivity contribution in [1.29, 1.82) is 0 Å². The number of hydrogen-bond acceptors (Lipinski definition) is 30. The Labute approximate surface area is 407 Å². The van der Waals surface area contributed by atoms with E-state index in [4.69, 9.17) is 47.4 Å². The first-order valence-corrected chi connectivity index (χ1v) is 23.5. The summed E-state index contributed by atoms with van der Waals surface area (Å²) in [6.07, 6.45) is -42.0. The third kappa shape index (κ3) is 12.9. The number of aliphatic hydroxyl groups is 16. The van der Waals surface area contributed by atoms with E-state index >= 15 is 0 Å². The first-order valence-electron chi connectivity index (χ1n) is 22.2. The predicted molar refractivity (Wildman–Crippen MR) is 224 cm³/mol. The molecule has 18 N–H and O–H groups in total. The van der Waals surface area contributed by atoms with E-state index < -0.39 is 222 Å². The fraction of sp³-hybridized carbons (Fsp3) is 0.923. The molecule has 5 fully saturated rings. The maximum absolute atomic E-state index is 13.5. The minimum Gasteiger partial charge on any atom is -0.465 e. The molecule has 26 atom stereocenters. The Morgan fingerprint density at radius 3 is 1.65 bits per heavy atom. The van der Waals surface area contributed by atoms with E-state index in [2.05, 4.69) is 10.6 Å². The number of carbonyl (C=O) groups excluding carboxylic acids is 3. The highest BCUT2D eigenvalue weighted by atomic mass is 32.2. The van der Waals surface area contributed by atoms with Crippen LogP contribution in [-0.4, -0.2) is 311 Å². The summed E-state index contributed by atoms with van der Waals surface area (Å²) in [5.74, 6) is -6.49. The van der Waals surface area contributed by atoms with Crippen molar-refractivity contribution in [1.82, 2.24) is 10.6 Å². The van der Waals surface area contributed by atoms with Crippen LogP contribution in [-0.2, 0) is 61.8 Å². The van der Waals surface area contributed by atoms with Crippen LogP contribution in [0, 0.1) is 0 Å². The highest BCUT2D eigenvalue weighted by Crippen LogP contribution is 2.40. The SMILES string of the molecule is COC(=O)[C@@]1(O[C@H]2[C@@H](O)[C@@H](CO)O[C@@H](O[C@H]3[C@H](O)[C@@H](NC(C)=O)[C@H](O[C@H]4[C@@H](O)[C@@H](CO)O[C@@H](O[C@H]5[C@H](O)[C@@H](O)[C@H](SC)O[C@@H]5CO)[C@@H]4O)O[C@@H]3CO)[C@@H]2O)C[C@H](O)[C@@H](NC(=O)CO)[C@H]([C@H](O)[C@H](O)CO)O1. The fourth-order valence-electron chi connectivity index (χ4n) is 8.86. The first-order chi connectivity index (χ1) is 33.6. The molecule has 0 aromatic rings. The Bertz CT molecular complexity index is 1710. The standard InChI is InChI=1S/C39H66N2O29S/c1-11(48)40-20-24(55)29(16(8-45)64-34(20)68-32-22(53)14(6-43)62-35(27(32)58)67-30-17(9-46)65-37(71-3)26(57)25(30)56)66-36-28(59)33(23(54)15(7-44)63-36)70-39(38(60)61-2)4-12(49)19(41-18(51)10-47)31(69-39)21(52)13(50)5-42/h12-17,19-37,42-47,49-50,52-59H,4-10H2,1-3H3,(H,40,48)(H,41,51)/t12-,13+,14+,15+,16+,17+,19+,20+,21+,22-,23-,24+,25+,26+,27+,28+,29+,30+,31+,32-,33-,34-,35-,36-,37-,39-/m0/s1. The van der Waals surface area contributed by atoms with Gasteiger partial charge in [0.25, 0.3) is 5.79 Å². The summed E-state index contributed by atoms with van der Waals surface area (Å²) in [5.41, 5.74) is -1.00. The Kier molecular flexibility index (Phi) is 21.8. The second-order valence-corrected chi connectivity index (χ2v) is 18.2. The van der Waals surface area contributed by atoms with Crippen LogP contribution >= 0.6 is 11.8 Å². The molecule has 0 saturated carbocycles. The second-order valence-electron chi connectivity index (χ2n) is 17.3. The Morgan fingerprint density at radius 2 is 1.14 bits per heavy atom. The lowest BCUT2D eigenvalue weighted by molar-refractivity contribution is -0.389. The number of carbonyl (C=O) groups is 3. The molecule has 71 heavy (non-hydrogen) atoms. The van der Waals surface area contributed by atoms with Crippen molar-refractivity contribution in [2.75, 3.05) is 53.0 Å². The quantitative estimate of drug-likeness (QED) is 0.0504. The number of methoxy groups -OCH3 is 1. The van der Waals surface area contributed by atoms with Gasteiger partial charge >= 0.3 is 5.97 Å². The lowest BCUT2D eigenvalue weighted by Crippen LogP contribution is -2.71. The zero-order valence-electron chi connectivity index (χ0n) is 38.3. The van der Waals surface area contributed by atoms with Gasteiger partial charge in [-0.05, 0) is 6.26 Å². The highest BCUT2D eigenvalue weighted by molar-refractivity contribution is 7.99. The van der Waals surface area contributed by atoms with Gasteiger partial charge < -0.3 is 140 Å². The van der Waals surface area contributed by atoms with Crippen molar-refractivity contribution in [3.05, 3.63) is 0 Å². The molecule has 0 spiro atoms. The molecule has 0 unspecified atom stereocenters. The molecule has 31 nitrogen and oxygen atoms in total. The van der Waals surface area contributed by atoms with Crippen LogP contribution in [0.3, 0.4) is 0 Å². The van der Waals surface area contributed by atoms with Gasteiger partial charge in [0.15, 0.2) is 18.9 Å². The number of esters is 1. The summed E-state index contributed by atoms with van der Waals surface area (Å²) in [4.78, 5) is 38.3. The number of nitrogens with one attached hydrogen (secondary N) is 2. The third-order valence-electron chi connectivity index (χ3n) is 12.6. The number of aliphatic hydroxyl groups excluding tert-OH is 16. The molecule has 0 aromatic carbocycles. The minimum atomic E-state index is -2.99. The van der Waals surface area contributed by atoms with Crippen LogP contribution in [0.25, 0.3) is 0 Å². The van der Waals surface area contributed by atoms with E-state index in [1.165, 1.54) is 0 Å². The number of amides is 2. The Balaban J connectivity index is 1.41. The topological polar surface area (TPSA) is 491 Å². The van der Waals surface area contributed by atoms with Crippen molar-refractivity contribution in [3.8, 4) is 0 Å². The summed E-state index contributed by atoms with van der Waals surface area (Å²) >= 11 is 1.01. The van der Waals surface area contributed by atoms with Crippen LogP contribution in [0.4, 0.5) is 0 Å². The summed E-state index contributed by atoms with van der Waals surface area (Å²) in [6, 6.07) is -3.54. The normalized spacial score (nSPS) is 45.1. The molecule has 5 heterocycles. The first kappa shape index (κ1) is 59.6. The van der Waals surface area contributed by atoms with E-state index in [0.29, 0.717) is 0 Å². The predicted octanol–water partition coefficient (Wildman–Crippen LogP) is -12.0. The number of rotatable bonds is 20. The van der Waals surface area contributed by atoms with Gasteiger partial charge in [-0.2, -0.15) is 0 Å². The van der Waals surface area contributed by atoms with Gasteiger partial charge in [0.1, 0.15) is 128 Å². The van der Waals surface area contributed by atoms with Crippen molar-refractivity contribution in [2.45, 2.75) is 171 Å². The molecule has 0 aliphatic carbocycles. The average molecular weight is 1060 g/mol. The molecule has 0 aromatic heterocycles. The van der Waals surface area contributed by atoms with E-state index in [0.717, 1.165) is 25.8 Å². The summed E-state index contributed by atoms with van der Waals surface area (Å²) in [7, 11) is 0.816. The molecule has 5 aliphatic rings. The molecule has 0 radical (unpaired) electrons. The van der Waals surface area contributed by atoms with Gasteiger partial charge in [-0.3, -0.25) is 9.59 Å². The van der Waals surface area contributed by atoms with Crippen molar-refractivity contribution in [2.24, 2.45) is 0 Å². The van der Waals surface area contributed by atoms with Crippen LogP contribution in [0.5, 0.6) is 0 Å². The van der Waals surface area contributed by atoms with Crippen LogP contribution in [0.1, 0.15) is 13.3 Å². The second kappa shape index (κ2) is 26.0. The molecule has 2 amide bonds. The third-order valence-corrected chi connectivity index (χ3v) is 13.4. The van der Waals surface area contributed by atoms with E-state index in [9.17, 15) is 96.1 Å². The van der Waals surface area contributed by atoms with Gasteiger partial charge in [-0.1, -0.05) is 0 Å². The lowest BCUT2D eigenvalue weighted by atomic mass is 9.88. The van der Waals surface area contributed by atoms with Crippen molar-refractivity contribution < 1.29 is 143 Å². The van der Waals surface area contributed by atoms with Gasteiger partial charge in [0.05, 0.1) is 52.3 Å². The van der Waals surface area contributed by atoms with Crippen molar-refractivity contribution in [3.63, 3.8) is 0 Å². The number of hydrogen-bond donors (Lipinski definition) is 18. The summed E-state index contributed by atoms with van der Waals surface area (Å²) in [6.45, 7) is -5.13. The molecule has 412 valence electrons. The fourth-order valence-corrected chi connectivity index (χ4v) is 9.56. The molecular formula is C39H66N2O29S. The van der Waals surface area contributed by atoms with Gasteiger partial charge in [-0.25, -0.2) is 4.79 Å². The van der Waals surface area contributed by atoms with E-state index in [-0.39, 0.29) is 0 Å². The smallest absolute Gasteiger partial charge is 0.366 e. The molecule has 32 heteroatoms. The van der Waals surface area contributed by atoms with Crippen LogP contribution < -0.4 is 10.6 Å². The van der Waals surface area contributed by atoms with E-state index in [1.807, 2.05) is 0 Å². The Morgan fingerprint density at radius 1 is 0.634 bits per heavy atom. The summed E-state index contributed by atoms with van der Waals surface area (Å²) in [5, 5.41) is 176. The number of ether oxygens (including phenoxy) is 10. The van der Waals surface area contributed by atoms with Crippen LogP contribution in [0.2, 0.25) is 0 Å². The lowest BCUT2D eigenvalue weighted by Gasteiger charge is -2.51. The Hall–Kier alpha value is -2.24. The molecule has 5 saturated heterocycles. The van der Waals surface area contributed by atoms with Gasteiger partial charge in [0.2, 0.25) is 11.8 Å². The average Bonchev–Trinajstić information content (AvgIpc) is 3.35. The zero-order chi connectivity index (χ0) is 52.8. The maximum atomic E-state index is 13.5. The molecule has 5 aliphatic heterocycles. The maximum Gasteiger partial charge on any atom is 0.366 e. The van der Waals surface area contributed by atoms with Crippen molar-refractivity contribution >= 4 is 29.5 Å². The molecular weight excluding hydrogens is 992 g/mol. The highest BCUT2D eigenvalue weighted by Gasteiger charge is 2.61. The van der Waals surface area contributed by atoms with Gasteiger partial charge in [-0.15, -0.1) is 11.8 Å². The zero-order valence-corrected chi connectivity index (χ0v) is 39.1. The largest absolute Gasteiger partial charge is 0.465 e. The monoisotopic (exact) mass is 1060 g/mol. The molecule has 5 rings (SSSR count). The molecule has 0 bridgehead atoms. The van der Waals surface area contributed by atoms with Crippen LogP contribution in [0.15, 0.2) is 0 Å². The van der Waals surface area contributed by atoms with Gasteiger partial charge in [0, 0.05) is 13.3 Å². The summed E-state index contributed by atoms with van der Waals surface area (Å²) < 4.78 is 56.8. The number of thioether (sulfide) groups is 1.